The largest absolute Gasteiger partial charge is 0.496 e. The molecule has 0 bridgehead atoms. The molecule has 0 amide bonds. The Hall–Kier alpha value is -1.09. The lowest BCUT2D eigenvalue weighted by Gasteiger charge is -2.29. The third-order valence-electron chi connectivity index (χ3n) is 3.74. The van der Waals surface area contributed by atoms with E-state index in [9.17, 15) is 4.39 Å². The molecular weight excluding hydrogens is 253 g/mol. The second kappa shape index (κ2) is 8.96. The van der Waals surface area contributed by atoms with Crippen molar-refractivity contribution in [3.63, 3.8) is 0 Å². The van der Waals surface area contributed by atoms with Crippen LogP contribution in [-0.2, 0) is 0 Å². The highest BCUT2D eigenvalue weighted by atomic mass is 19.1. The Morgan fingerprint density at radius 1 is 1.15 bits per heavy atom. The van der Waals surface area contributed by atoms with Crippen LogP contribution in [0.3, 0.4) is 0 Å². The maximum Gasteiger partial charge on any atom is 0.123 e. The zero-order chi connectivity index (χ0) is 15.0. The zero-order valence-electron chi connectivity index (χ0n) is 13.2. The molecule has 1 aromatic rings. The van der Waals surface area contributed by atoms with E-state index in [0.717, 1.165) is 43.5 Å². The fourth-order valence-corrected chi connectivity index (χ4v) is 2.92. The van der Waals surface area contributed by atoms with E-state index >= 15 is 0 Å². The minimum absolute atomic E-state index is 0.158. The van der Waals surface area contributed by atoms with E-state index in [0.29, 0.717) is 5.92 Å². The van der Waals surface area contributed by atoms with E-state index in [1.54, 1.807) is 19.2 Å². The summed E-state index contributed by atoms with van der Waals surface area (Å²) >= 11 is 0. The van der Waals surface area contributed by atoms with E-state index in [4.69, 9.17) is 4.74 Å². The van der Waals surface area contributed by atoms with Crippen LogP contribution in [0.4, 0.5) is 4.39 Å². The number of hydrogen-bond donors (Lipinski definition) is 1. The van der Waals surface area contributed by atoms with Gasteiger partial charge in [0.25, 0.3) is 0 Å². The molecule has 1 N–H and O–H groups in total. The summed E-state index contributed by atoms with van der Waals surface area (Å²) in [5.41, 5.74) is 0.946. The molecule has 0 aromatic heterocycles. The van der Waals surface area contributed by atoms with Crippen molar-refractivity contribution in [2.45, 2.75) is 52.5 Å². The van der Waals surface area contributed by atoms with Crippen LogP contribution < -0.4 is 10.1 Å². The Morgan fingerprint density at radius 3 is 2.30 bits per heavy atom. The number of methoxy groups -OCH3 is 1. The molecule has 2 nitrogen and oxygen atoms in total. The van der Waals surface area contributed by atoms with Crippen molar-refractivity contribution < 1.29 is 9.13 Å². The van der Waals surface area contributed by atoms with Crippen LogP contribution in [-0.4, -0.2) is 13.7 Å². The molecule has 3 heteroatoms. The van der Waals surface area contributed by atoms with E-state index in [1.165, 1.54) is 6.07 Å². The molecule has 1 aromatic carbocycles. The molecular formula is C17H28FNO. The lowest BCUT2D eigenvalue weighted by molar-refractivity contribution is 0.307. The minimum Gasteiger partial charge on any atom is -0.496 e. The average molecular weight is 281 g/mol. The zero-order valence-corrected chi connectivity index (χ0v) is 13.2. The van der Waals surface area contributed by atoms with Crippen molar-refractivity contribution in [3.8, 4) is 5.75 Å². The Kier molecular flexibility index (Phi) is 7.60. The Bertz CT molecular complexity index is 389. The Morgan fingerprint density at radius 2 is 1.80 bits per heavy atom. The van der Waals surface area contributed by atoms with E-state index in [-0.39, 0.29) is 11.9 Å². The second-order valence-corrected chi connectivity index (χ2v) is 5.26. The highest BCUT2D eigenvalue weighted by Crippen LogP contribution is 2.35. The molecule has 1 rings (SSSR count). The summed E-state index contributed by atoms with van der Waals surface area (Å²) < 4.78 is 19.1. The van der Waals surface area contributed by atoms with Crippen LogP contribution >= 0.6 is 0 Å². The summed E-state index contributed by atoms with van der Waals surface area (Å²) in [6, 6.07) is 4.96. The van der Waals surface area contributed by atoms with Crippen LogP contribution in [0.15, 0.2) is 18.2 Å². The quantitative estimate of drug-likeness (QED) is 0.708. The summed E-state index contributed by atoms with van der Waals surface area (Å²) in [7, 11) is 1.65. The van der Waals surface area contributed by atoms with Gasteiger partial charge in [0, 0.05) is 11.6 Å². The van der Waals surface area contributed by atoms with Gasteiger partial charge in [0.15, 0.2) is 0 Å². The highest BCUT2D eigenvalue weighted by Gasteiger charge is 2.24. The van der Waals surface area contributed by atoms with Crippen LogP contribution in [0, 0.1) is 11.7 Å². The molecule has 0 radical (unpaired) electrons. The van der Waals surface area contributed by atoms with Crippen molar-refractivity contribution in [1.29, 1.82) is 0 Å². The smallest absolute Gasteiger partial charge is 0.123 e. The third-order valence-corrected chi connectivity index (χ3v) is 3.74. The van der Waals surface area contributed by atoms with E-state index in [2.05, 4.69) is 26.1 Å². The number of benzene rings is 1. The summed E-state index contributed by atoms with van der Waals surface area (Å²) in [5, 5.41) is 3.52. The number of rotatable bonds is 9. The third kappa shape index (κ3) is 4.48. The molecule has 0 saturated heterocycles. The maximum atomic E-state index is 13.6. The summed E-state index contributed by atoms with van der Waals surface area (Å²) in [6.45, 7) is 7.37. The van der Waals surface area contributed by atoms with E-state index in [1.807, 2.05) is 0 Å². The van der Waals surface area contributed by atoms with Crippen molar-refractivity contribution in [2.24, 2.45) is 5.92 Å². The second-order valence-electron chi connectivity index (χ2n) is 5.26. The summed E-state index contributed by atoms with van der Waals surface area (Å²) in [4.78, 5) is 0. The standard InChI is InChI=1S/C17H28FNO/c1-5-8-13(9-6-2)17(19-7-3)15-12-14(18)10-11-16(15)20-4/h10-13,17,19H,5-9H2,1-4H3. The van der Waals surface area contributed by atoms with Gasteiger partial charge in [-0.15, -0.1) is 0 Å². The fourth-order valence-electron chi connectivity index (χ4n) is 2.92. The first-order valence-corrected chi connectivity index (χ1v) is 7.74. The number of nitrogens with one attached hydrogen (secondary N) is 1. The molecule has 114 valence electrons. The van der Waals surface area contributed by atoms with Crippen LogP contribution in [0.1, 0.15) is 58.1 Å². The summed E-state index contributed by atoms with van der Waals surface area (Å²) in [6.07, 6.45) is 4.57. The highest BCUT2D eigenvalue weighted by molar-refractivity contribution is 5.37. The molecule has 0 aliphatic rings. The number of ether oxygens (including phenoxy) is 1. The molecule has 1 atom stereocenters. The lowest BCUT2D eigenvalue weighted by Crippen LogP contribution is -2.29. The van der Waals surface area contributed by atoms with Crippen LogP contribution in [0.2, 0.25) is 0 Å². The first-order valence-electron chi connectivity index (χ1n) is 7.74. The van der Waals surface area contributed by atoms with Gasteiger partial charge in [0.1, 0.15) is 11.6 Å². The van der Waals surface area contributed by atoms with Gasteiger partial charge in [-0.05, 0) is 43.5 Å². The van der Waals surface area contributed by atoms with Crippen molar-refractivity contribution in [1.82, 2.24) is 5.32 Å². The van der Waals surface area contributed by atoms with Gasteiger partial charge in [-0.2, -0.15) is 0 Å². The van der Waals surface area contributed by atoms with Crippen molar-refractivity contribution in [2.75, 3.05) is 13.7 Å². The Balaban J connectivity index is 3.12. The van der Waals surface area contributed by atoms with Gasteiger partial charge in [-0.3, -0.25) is 0 Å². The first-order chi connectivity index (χ1) is 9.67. The maximum absolute atomic E-state index is 13.6. The monoisotopic (exact) mass is 281 g/mol. The normalized spacial score (nSPS) is 12.7. The lowest BCUT2D eigenvalue weighted by atomic mass is 9.85. The van der Waals surface area contributed by atoms with Gasteiger partial charge in [0.2, 0.25) is 0 Å². The first kappa shape index (κ1) is 17.0. The topological polar surface area (TPSA) is 21.3 Å². The van der Waals surface area contributed by atoms with Gasteiger partial charge in [-0.25, -0.2) is 4.39 Å². The van der Waals surface area contributed by atoms with E-state index < -0.39 is 0 Å². The van der Waals surface area contributed by atoms with Crippen LogP contribution in [0.25, 0.3) is 0 Å². The Labute approximate surface area is 122 Å². The SMILES string of the molecule is CCCC(CCC)C(NCC)c1cc(F)ccc1OC. The van der Waals surface area contributed by atoms with Gasteiger partial charge in [0.05, 0.1) is 7.11 Å². The fraction of sp³-hybridized carbons (Fsp3) is 0.647. The van der Waals surface area contributed by atoms with Crippen molar-refractivity contribution in [3.05, 3.63) is 29.6 Å². The molecule has 0 saturated carbocycles. The van der Waals surface area contributed by atoms with Crippen molar-refractivity contribution >= 4 is 0 Å². The number of hydrogen-bond acceptors (Lipinski definition) is 2. The van der Waals surface area contributed by atoms with Crippen LogP contribution in [0.5, 0.6) is 5.75 Å². The van der Waals surface area contributed by atoms with Gasteiger partial charge in [-0.1, -0.05) is 33.6 Å². The predicted octanol–water partition coefficient (Wildman–Crippen LogP) is 4.70. The summed E-state index contributed by atoms with van der Waals surface area (Å²) in [5.74, 6) is 1.09. The van der Waals surface area contributed by atoms with Gasteiger partial charge < -0.3 is 10.1 Å². The molecule has 20 heavy (non-hydrogen) atoms. The average Bonchev–Trinajstić information content (AvgIpc) is 2.44. The molecule has 0 heterocycles. The minimum atomic E-state index is -0.199. The molecule has 0 spiro atoms. The predicted molar refractivity (Wildman–Crippen MR) is 82.7 cm³/mol. The van der Waals surface area contributed by atoms with Gasteiger partial charge >= 0.3 is 0 Å². The molecule has 0 aliphatic carbocycles. The molecule has 0 fully saturated rings. The number of halogens is 1. The molecule has 0 aliphatic heterocycles. The molecule has 1 unspecified atom stereocenters.